The minimum atomic E-state index is -4.68. The number of hydrogen-bond acceptors (Lipinski definition) is 6. The number of rotatable bonds is 5. The summed E-state index contributed by atoms with van der Waals surface area (Å²) in [6, 6.07) is 12.3. The first-order valence-electron chi connectivity index (χ1n) is 10.8. The maximum atomic E-state index is 13.6. The van der Waals surface area contributed by atoms with Gasteiger partial charge < -0.3 is 10.4 Å². The number of fused-ring (bicyclic) bond motifs is 1. The zero-order chi connectivity index (χ0) is 26.3. The van der Waals surface area contributed by atoms with Crippen molar-refractivity contribution in [1.82, 2.24) is 24.9 Å². The van der Waals surface area contributed by atoms with Crippen LogP contribution < -0.4 is 5.32 Å². The number of pyridine rings is 1. The molecule has 1 aromatic carbocycles. The van der Waals surface area contributed by atoms with Gasteiger partial charge in [-0.15, -0.1) is 0 Å². The Hall–Kier alpha value is -4.30. The first-order chi connectivity index (χ1) is 16.9. The predicted molar refractivity (Wildman–Crippen MR) is 125 cm³/mol. The Balaban J connectivity index is 1.96. The number of carbonyl (C=O) groups is 1. The van der Waals surface area contributed by atoms with Crippen molar-refractivity contribution in [3.63, 3.8) is 0 Å². The molecule has 0 aliphatic heterocycles. The van der Waals surface area contributed by atoms with Crippen LogP contribution in [0, 0.1) is 18.3 Å². The molecule has 0 saturated heterocycles. The van der Waals surface area contributed by atoms with Crippen molar-refractivity contribution in [3.8, 4) is 28.5 Å². The number of amides is 1. The van der Waals surface area contributed by atoms with Gasteiger partial charge in [0.2, 0.25) is 0 Å². The molecule has 1 amide bonds. The lowest BCUT2D eigenvalue weighted by Gasteiger charge is -2.17. The Morgan fingerprint density at radius 3 is 2.56 bits per heavy atom. The Morgan fingerprint density at radius 1 is 1.14 bits per heavy atom. The Kier molecular flexibility index (Phi) is 6.24. The predicted octanol–water partition coefficient (Wildman–Crippen LogP) is 4.16. The van der Waals surface area contributed by atoms with E-state index in [1.165, 1.54) is 43.6 Å². The lowest BCUT2D eigenvalue weighted by atomic mass is 9.99. The van der Waals surface area contributed by atoms with Gasteiger partial charge >= 0.3 is 6.18 Å². The smallest absolute Gasteiger partial charge is 0.389 e. The van der Waals surface area contributed by atoms with Crippen LogP contribution in [0.5, 0.6) is 0 Å². The molecule has 0 aliphatic carbocycles. The molecule has 0 atom stereocenters. The highest BCUT2D eigenvalue weighted by atomic mass is 19.4. The van der Waals surface area contributed by atoms with E-state index >= 15 is 0 Å². The molecule has 36 heavy (non-hydrogen) atoms. The molecular weight excluding hydrogens is 473 g/mol. The summed E-state index contributed by atoms with van der Waals surface area (Å²) in [5.74, 6) is -0.568. The van der Waals surface area contributed by atoms with Crippen molar-refractivity contribution >= 4 is 11.6 Å². The van der Waals surface area contributed by atoms with Crippen LogP contribution in [0.1, 0.15) is 41.3 Å². The van der Waals surface area contributed by atoms with Crippen molar-refractivity contribution in [3.05, 3.63) is 71.3 Å². The van der Waals surface area contributed by atoms with Crippen LogP contribution in [0.3, 0.4) is 0 Å². The molecule has 2 N–H and O–H groups in total. The molecule has 8 nitrogen and oxygen atoms in total. The van der Waals surface area contributed by atoms with Crippen LogP contribution in [0.2, 0.25) is 0 Å². The van der Waals surface area contributed by atoms with Crippen LogP contribution in [0.4, 0.5) is 13.2 Å². The normalized spacial score (nSPS) is 11.9. The van der Waals surface area contributed by atoms with Gasteiger partial charge in [0, 0.05) is 24.0 Å². The molecule has 4 rings (SSSR count). The number of halogens is 3. The van der Waals surface area contributed by atoms with Crippen LogP contribution in [0.15, 0.2) is 48.7 Å². The van der Waals surface area contributed by atoms with E-state index in [-0.39, 0.29) is 40.4 Å². The lowest BCUT2D eigenvalue weighted by Crippen LogP contribution is -2.38. The van der Waals surface area contributed by atoms with Gasteiger partial charge in [-0.1, -0.05) is 12.1 Å². The molecular formula is C25H21F3N6O2. The fourth-order valence-corrected chi connectivity index (χ4v) is 3.60. The minimum Gasteiger partial charge on any atom is -0.389 e. The summed E-state index contributed by atoms with van der Waals surface area (Å²) in [6.45, 7) is 4.48. The van der Waals surface area contributed by atoms with Crippen LogP contribution >= 0.6 is 0 Å². The van der Waals surface area contributed by atoms with Crippen molar-refractivity contribution in [2.45, 2.75) is 32.5 Å². The Bertz CT molecular complexity index is 1510. The highest BCUT2D eigenvalue weighted by Crippen LogP contribution is 2.37. The van der Waals surface area contributed by atoms with Gasteiger partial charge in [0.05, 0.1) is 22.8 Å². The van der Waals surface area contributed by atoms with Crippen molar-refractivity contribution in [1.29, 1.82) is 5.26 Å². The number of aliphatic hydroxyl groups is 1. The number of nitrogens with zero attached hydrogens (tertiary/aromatic N) is 5. The average Bonchev–Trinajstić information content (AvgIpc) is 3.20. The van der Waals surface area contributed by atoms with Crippen LogP contribution in [0.25, 0.3) is 28.0 Å². The zero-order valence-corrected chi connectivity index (χ0v) is 19.6. The monoisotopic (exact) mass is 494 g/mol. The summed E-state index contributed by atoms with van der Waals surface area (Å²) in [6.07, 6.45) is -3.21. The van der Waals surface area contributed by atoms with E-state index < -0.39 is 23.4 Å². The third-order valence-electron chi connectivity index (χ3n) is 5.20. The topological polar surface area (TPSA) is 116 Å². The highest BCUT2D eigenvalue weighted by molar-refractivity contribution is 5.95. The number of nitriles is 1. The average molecular weight is 494 g/mol. The zero-order valence-electron chi connectivity index (χ0n) is 19.6. The van der Waals surface area contributed by atoms with Crippen molar-refractivity contribution in [2.75, 3.05) is 6.54 Å². The third-order valence-corrected chi connectivity index (χ3v) is 5.20. The van der Waals surface area contributed by atoms with E-state index in [1.807, 2.05) is 6.07 Å². The molecule has 0 unspecified atom stereocenters. The summed E-state index contributed by atoms with van der Waals surface area (Å²) >= 11 is 0. The number of aromatic nitrogens is 4. The molecule has 0 spiro atoms. The SMILES string of the molecule is Cc1cc(-c2c(-c3cccc(C#N)c3)nn3ccc(C(=O)NCC(C)(C)O)nc23)cc(C(F)(F)F)n1. The standard InChI is InChI=1S/C25H21F3N6O2/c1-14-9-17(11-19(31-14)25(26,27)28)20-21(16-6-4-5-15(10-16)12-29)33-34-8-7-18(32-22(20)34)23(35)30-13-24(2,3)36/h4-11,36H,13H2,1-3H3,(H,30,35). The summed E-state index contributed by atoms with van der Waals surface area (Å²) in [4.78, 5) is 20.7. The van der Waals surface area contributed by atoms with Gasteiger partial charge in [-0.25, -0.2) is 14.5 Å². The van der Waals surface area contributed by atoms with Crippen LogP contribution in [-0.2, 0) is 6.18 Å². The molecule has 0 saturated carbocycles. The summed E-state index contributed by atoms with van der Waals surface area (Å²) < 4.78 is 42.1. The van der Waals surface area contributed by atoms with E-state index in [0.717, 1.165) is 6.07 Å². The number of alkyl halides is 3. The maximum absolute atomic E-state index is 13.6. The molecule has 0 radical (unpaired) electrons. The second-order valence-electron chi connectivity index (χ2n) is 8.87. The van der Waals surface area contributed by atoms with Crippen molar-refractivity contribution in [2.24, 2.45) is 0 Å². The second-order valence-corrected chi connectivity index (χ2v) is 8.87. The van der Waals surface area contributed by atoms with E-state index in [9.17, 15) is 28.3 Å². The van der Waals surface area contributed by atoms with E-state index in [4.69, 9.17) is 0 Å². The molecule has 0 bridgehead atoms. The molecule has 0 aliphatic rings. The summed E-state index contributed by atoms with van der Waals surface area (Å²) in [5, 5.41) is 26.3. The maximum Gasteiger partial charge on any atom is 0.433 e. The first kappa shape index (κ1) is 24.8. The molecule has 0 fully saturated rings. The van der Waals surface area contributed by atoms with E-state index in [0.29, 0.717) is 11.1 Å². The minimum absolute atomic E-state index is 0.00736. The third kappa shape index (κ3) is 5.18. The van der Waals surface area contributed by atoms with Gasteiger partial charge in [0.1, 0.15) is 17.1 Å². The fourth-order valence-electron chi connectivity index (χ4n) is 3.60. The number of nitrogens with one attached hydrogen (secondary N) is 1. The van der Waals surface area contributed by atoms with Gasteiger partial charge in [0.15, 0.2) is 5.65 Å². The molecule has 184 valence electrons. The second kappa shape index (κ2) is 9.05. The molecule has 3 heterocycles. The first-order valence-corrected chi connectivity index (χ1v) is 10.8. The Morgan fingerprint density at radius 2 is 1.89 bits per heavy atom. The molecule has 4 aromatic rings. The van der Waals surface area contributed by atoms with Gasteiger partial charge in [-0.05, 0) is 56.7 Å². The number of benzene rings is 1. The number of hydrogen-bond donors (Lipinski definition) is 2. The van der Waals surface area contributed by atoms with Crippen LogP contribution in [-0.4, -0.2) is 42.7 Å². The highest BCUT2D eigenvalue weighted by Gasteiger charge is 2.34. The fraction of sp³-hybridized carbons (Fsp3) is 0.240. The Labute approximate surface area is 204 Å². The molecule has 3 aromatic heterocycles. The lowest BCUT2D eigenvalue weighted by molar-refractivity contribution is -0.141. The van der Waals surface area contributed by atoms with Gasteiger partial charge in [-0.2, -0.15) is 23.5 Å². The number of carbonyl (C=O) groups excluding carboxylic acids is 1. The summed E-state index contributed by atoms with van der Waals surface area (Å²) in [5.41, 5.74) is -0.433. The van der Waals surface area contributed by atoms with Gasteiger partial charge in [-0.3, -0.25) is 4.79 Å². The quantitative estimate of drug-likeness (QED) is 0.431. The van der Waals surface area contributed by atoms with Gasteiger partial charge in [0.25, 0.3) is 5.91 Å². The summed E-state index contributed by atoms with van der Waals surface area (Å²) in [7, 11) is 0. The molecule has 11 heteroatoms. The largest absolute Gasteiger partial charge is 0.433 e. The number of aryl methyl sites for hydroxylation is 1. The van der Waals surface area contributed by atoms with Crippen molar-refractivity contribution < 1.29 is 23.1 Å². The van der Waals surface area contributed by atoms with E-state index in [2.05, 4.69) is 20.4 Å². The van der Waals surface area contributed by atoms with E-state index in [1.54, 1.807) is 24.3 Å².